The van der Waals surface area contributed by atoms with E-state index >= 15 is 0 Å². The summed E-state index contributed by atoms with van der Waals surface area (Å²) in [6.07, 6.45) is 0. The summed E-state index contributed by atoms with van der Waals surface area (Å²) < 4.78 is 2.12. The summed E-state index contributed by atoms with van der Waals surface area (Å²) in [6.45, 7) is 0. The van der Waals surface area contributed by atoms with Crippen molar-refractivity contribution >= 4 is 60.7 Å². The van der Waals surface area contributed by atoms with E-state index in [4.69, 9.17) is 23.2 Å². The Labute approximate surface area is 133 Å². The van der Waals surface area contributed by atoms with Crippen LogP contribution in [0.4, 0.5) is 0 Å². The van der Waals surface area contributed by atoms with E-state index < -0.39 is 0 Å². The highest BCUT2D eigenvalue weighted by molar-refractivity contribution is 9.10. The summed E-state index contributed by atoms with van der Waals surface area (Å²) in [6, 6.07) is 11.9. The third-order valence-corrected chi connectivity index (χ3v) is 4.95. The molecule has 0 unspecified atom stereocenters. The molecule has 0 aliphatic heterocycles. The molecule has 2 aromatic carbocycles. The van der Waals surface area contributed by atoms with E-state index in [0.29, 0.717) is 10.9 Å². The van der Waals surface area contributed by atoms with Crippen LogP contribution in [-0.2, 0) is 5.88 Å². The smallest absolute Gasteiger partial charge is 0.126 e. The lowest BCUT2D eigenvalue weighted by Gasteiger charge is -2.00. The SMILES string of the molecule is ClCc1ccc2nc(-c3cc(Br)ccc3Cl)sc2c1. The predicted octanol–water partition coefficient (Wildman–Crippen LogP) is 6.12. The van der Waals surface area contributed by atoms with Gasteiger partial charge in [-0.15, -0.1) is 22.9 Å². The molecule has 0 bridgehead atoms. The van der Waals surface area contributed by atoms with Crippen LogP contribution in [0, 0.1) is 0 Å². The van der Waals surface area contributed by atoms with Crippen LogP contribution in [0.25, 0.3) is 20.8 Å². The second kappa shape index (κ2) is 5.41. The van der Waals surface area contributed by atoms with Gasteiger partial charge in [0, 0.05) is 15.9 Å². The van der Waals surface area contributed by atoms with E-state index in [0.717, 1.165) is 30.8 Å². The molecule has 3 aromatic rings. The molecule has 0 saturated carbocycles. The van der Waals surface area contributed by atoms with Gasteiger partial charge in [-0.1, -0.05) is 33.6 Å². The molecular formula is C14H8BrCl2NS. The lowest BCUT2D eigenvalue weighted by Crippen LogP contribution is -1.78. The van der Waals surface area contributed by atoms with Crippen molar-refractivity contribution < 1.29 is 0 Å². The second-order valence-corrected chi connectivity index (χ2v) is 6.70. The molecule has 3 rings (SSSR count). The molecule has 1 heterocycles. The third kappa shape index (κ3) is 2.65. The number of benzene rings is 2. The summed E-state index contributed by atoms with van der Waals surface area (Å²) in [5.74, 6) is 0.515. The Hall–Kier alpha value is -0.610. The van der Waals surface area contributed by atoms with E-state index in [1.165, 1.54) is 0 Å². The lowest BCUT2D eigenvalue weighted by molar-refractivity contribution is 1.41. The summed E-state index contributed by atoms with van der Waals surface area (Å²) in [7, 11) is 0. The van der Waals surface area contributed by atoms with E-state index in [9.17, 15) is 0 Å². The van der Waals surface area contributed by atoms with Crippen molar-refractivity contribution in [3.8, 4) is 10.6 Å². The Morgan fingerprint density at radius 2 is 2.00 bits per heavy atom. The van der Waals surface area contributed by atoms with Gasteiger partial charge >= 0.3 is 0 Å². The first kappa shape index (κ1) is 13.4. The zero-order valence-electron chi connectivity index (χ0n) is 9.66. The van der Waals surface area contributed by atoms with Crippen molar-refractivity contribution in [1.82, 2.24) is 4.98 Å². The number of nitrogens with zero attached hydrogens (tertiary/aromatic N) is 1. The molecule has 0 amide bonds. The van der Waals surface area contributed by atoms with Gasteiger partial charge in [-0.3, -0.25) is 0 Å². The minimum atomic E-state index is 0.515. The number of halogens is 3. The van der Waals surface area contributed by atoms with Crippen molar-refractivity contribution in [3.63, 3.8) is 0 Å². The van der Waals surface area contributed by atoms with Gasteiger partial charge in [0.2, 0.25) is 0 Å². The number of alkyl halides is 1. The molecule has 0 radical (unpaired) electrons. The zero-order chi connectivity index (χ0) is 13.4. The van der Waals surface area contributed by atoms with Crippen molar-refractivity contribution in [2.75, 3.05) is 0 Å². The average molecular weight is 373 g/mol. The molecule has 19 heavy (non-hydrogen) atoms. The number of hydrogen-bond acceptors (Lipinski definition) is 2. The first-order valence-corrected chi connectivity index (χ1v) is 8.10. The van der Waals surface area contributed by atoms with Gasteiger partial charge in [0.15, 0.2) is 0 Å². The number of fused-ring (bicyclic) bond motifs is 1. The van der Waals surface area contributed by atoms with Crippen LogP contribution >= 0.6 is 50.5 Å². The van der Waals surface area contributed by atoms with Crippen LogP contribution in [0.5, 0.6) is 0 Å². The van der Waals surface area contributed by atoms with Crippen LogP contribution < -0.4 is 0 Å². The van der Waals surface area contributed by atoms with E-state index in [1.54, 1.807) is 11.3 Å². The summed E-state index contributed by atoms with van der Waals surface area (Å²) in [5.41, 5.74) is 3.03. The minimum absolute atomic E-state index is 0.515. The van der Waals surface area contributed by atoms with Crippen molar-refractivity contribution in [1.29, 1.82) is 0 Å². The Morgan fingerprint density at radius 1 is 1.16 bits per heavy atom. The van der Waals surface area contributed by atoms with Crippen LogP contribution in [-0.4, -0.2) is 4.98 Å². The van der Waals surface area contributed by atoms with Crippen LogP contribution in [0.15, 0.2) is 40.9 Å². The van der Waals surface area contributed by atoms with Gasteiger partial charge in [-0.05, 0) is 35.9 Å². The molecule has 0 atom stereocenters. The molecule has 5 heteroatoms. The van der Waals surface area contributed by atoms with Gasteiger partial charge in [-0.2, -0.15) is 0 Å². The predicted molar refractivity (Wildman–Crippen MR) is 87.3 cm³/mol. The molecule has 96 valence electrons. The molecule has 0 aliphatic rings. The van der Waals surface area contributed by atoms with Crippen molar-refractivity contribution in [2.24, 2.45) is 0 Å². The summed E-state index contributed by atoms with van der Waals surface area (Å²) in [4.78, 5) is 4.63. The number of rotatable bonds is 2. The van der Waals surface area contributed by atoms with Gasteiger partial charge in [0.25, 0.3) is 0 Å². The van der Waals surface area contributed by atoms with Gasteiger partial charge in [0.1, 0.15) is 5.01 Å². The first-order chi connectivity index (χ1) is 9.17. The average Bonchev–Trinajstić information content (AvgIpc) is 2.83. The lowest BCUT2D eigenvalue weighted by atomic mass is 10.2. The molecule has 0 fully saturated rings. The Bertz CT molecular complexity index is 754. The second-order valence-electron chi connectivity index (χ2n) is 4.08. The number of hydrogen-bond donors (Lipinski definition) is 0. The highest BCUT2D eigenvalue weighted by atomic mass is 79.9. The largest absolute Gasteiger partial charge is 0.236 e. The zero-order valence-corrected chi connectivity index (χ0v) is 13.6. The number of thiazole rings is 1. The maximum atomic E-state index is 6.24. The highest BCUT2D eigenvalue weighted by Gasteiger charge is 2.10. The Kier molecular flexibility index (Phi) is 3.81. The third-order valence-electron chi connectivity index (χ3n) is 2.77. The highest BCUT2D eigenvalue weighted by Crippen LogP contribution is 2.36. The molecule has 1 aromatic heterocycles. The molecule has 1 nitrogen and oxygen atoms in total. The molecular weight excluding hydrogens is 365 g/mol. The molecule has 0 N–H and O–H groups in total. The fourth-order valence-corrected chi connectivity index (χ4v) is 3.68. The monoisotopic (exact) mass is 371 g/mol. The van der Waals surface area contributed by atoms with Crippen molar-refractivity contribution in [2.45, 2.75) is 5.88 Å². The maximum Gasteiger partial charge on any atom is 0.126 e. The Morgan fingerprint density at radius 3 is 2.79 bits per heavy atom. The van der Waals surface area contributed by atoms with E-state index in [2.05, 4.69) is 27.0 Å². The Balaban J connectivity index is 2.17. The fourth-order valence-electron chi connectivity index (χ4n) is 1.83. The fraction of sp³-hybridized carbons (Fsp3) is 0.0714. The normalized spacial score (nSPS) is 11.1. The maximum absolute atomic E-state index is 6.24. The minimum Gasteiger partial charge on any atom is -0.236 e. The summed E-state index contributed by atoms with van der Waals surface area (Å²) >= 11 is 17.2. The quantitative estimate of drug-likeness (QED) is 0.494. The number of aromatic nitrogens is 1. The van der Waals surface area contributed by atoms with E-state index in [1.807, 2.05) is 30.3 Å². The molecule has 0 aliphatic carbocycles. The topological polar surface area (TPSA) is 12.9 Å². The standard InChI is InChI=1S/C14H8BrCl2NS/c15-9-2-3-11(17)10(6-9)14-18-12-4-1-8(7-16)5-13(12)19-14/h1-6H,7H2. The molecule has 0 spiro atoms. The van der Waals surface area contributed by atoms with Crippen LogP contribution in [0.3, 0.4) is 0 Å². The van der Waals surface area contributed by atoms with Gasteiger partial charge in [0.05, 0.1) is 15.2 Å². The van der Waals surface area contributed by atoms with Crippen molar-refractivity contribution in [3.05, 3.63) is 51.5 Å². The van der Waals surface area contributed by atoms with Crippen LogP contribution in [0.1, 0.15) is 5.56 Å². The van der Waals surface area contributed by atoms with Gasteiger partial charge < -0.3 is 0 Å². The van der Waals surface area contributed by atoms with Gasteiger partial charge in [-0.25, -0.2) is 4.98 Å². The van der Waals surface area contributed by atoms with Crippen LogP contribution in [0.2, 0.25) is 5.02 Å². The van der Waals surface area contributed by atoms with E-state index in [-0.39, 0.29) is 0 Å². The summed E-state index contributed by atoms with van der Waals surface area (Å²) in [5, 5.41) is 1.63. The molecule has 0 saturated heterocycles. The first-order valence-electron chi connectivity index (χ1n) is 5.58.